The maximum atomic E-state index is 11.1. The fourth-order valence-corrected chi connectivity index (χ4v) is 2.29. The first kappa shape index (κ1) is 24.2. The number of imidazole rings is 1. The van der Waals surface area contributed by atoms with Gasteiger partial charge in [0.1, 0.15) is 0 Å². The number of aromatic nitrogens is 2. The number of primary amides is 1. The first-order chi connectivity index (χ1) is 12.5. The highest BCUT2D eigenvalue weighted by Gasteiger charge is 2.01. The highest BCUT2D eigenvalue weighted by Crippen LogP contribution is 2.15. The molecule has 0 atom stereocenters. The van der Waals surface area contributed by atoms with Crippen LogP contribution in [0.25, 0.3) is 11.3 Å². The molecule has 144 valence electrons. The predicted octanol–water partition coefficient (Wildman–Crippen LogP) is 3.23. The van der Waals surface area contributed by atoms with Crippen LogP contribution in [0.5, 0.6) is 0 Å². The second-order valence-electron chi connectivity index (χ2n) is 5.39. The summed E-state index contributed by atoms with van der Waals surface area (Å²) in [6, 6.07) is 15.9. The van der Waals surface area contributed by atoms with E-state index in [-0.39, 0.29) is 17.7 Å². The van der Waals surface area contributed by atoms with Crippen molar-refractivity contribution in [2.75, 3.05) is 5.33 Å². The highest BCUT2D eigenvalue weighted by atomic mass is 79.9. The third kappa shape index (κ3) is 8.94. The number of carbonyl (C=O) groups excluding carboxylic acids is 2. The lowest BCUT2D eigenvalue weighted by Crippen LogP contribution is -1.98. The maximum absolute atomic E-state index is 11.1. The number of alkyl halides is 1. The molecule has 0 spiro atoms. The Labute approximate surface area is 167 Å². The van der Waals surface area contributed by atoms with Gasteiger partial charge in [0.15, 0.2) is 5.78 Å². The fourth-order valence-electron chi connectivity index (χ4n) is 1.96. The van der Waals surface area contributed by atoms with Crippen LogP contribution in [0.2, 0.25) is 0 Å². The van der Waals surface area contributed by atoms with E-state index in [0.717, 1.165) is 11.3 Å². The van der Waals surface area contributed by atoms with Crippen LogP contribution < -0.4 is 5.73 Å². The number of nitrogens with two attached hydrogens (primary N) is 1. The SMILES string of the molecule is Cc1ccc(-c2cnc[nH]2)cc1.Cc1ccc(C(=O)CBr)cc1.NC=O.O. The van der Waals surface area contributed by atoms with Crippen LogP contribution >= 0.6 is 15.9 Å². The smallest absolute Gasteiger partial charge is 0.204 e. The van der Waals surface area contributed by atoms with Crippen molar-refractivity contribution in [3.8, 4) is 11.3 Å². The number of nitrogens with zero attached hydrogens (tertiary/aromatic N) is 1. The van der Waals surface area contributed by atoms with E-state index in [1.165, 1.54) is 16.7 Å². The minimum absolute atomic E-state index is 0. The number of ketones is 1. The molecule has 1 heterocycles. The van der Waals surface area contributed by atoms with Gasteiger partial charge in [-0.25, -0.2) is 4.98 Å². The summed E-state index contributed by atoms with van der Waals surface area (Å²) in [5.41, 5.74) is 9.63. The number of nitrogens with one attached hydrogen (secondary N) is 1. The summed E-state index contributed by atoms with van der Waals surface area (Å²) in [4.78, 5) is 26.7. The summed E-state index contributed by atoms with van der Waals surface area (Å²) < 4.78 is 0. The molecule has 1 amide bonds. The van der Waals surface area contributed by atoms with Gasteiger partial charge in [0.2, 0.25) is 6.41 Å². The van der Waals surface area contributed by atoms with Crippen LogP contribution in [0, 0.1) is 13.8 Å². The Morgan fingerprint density at radius 2 is 1.56 bits per heavy atom. The Kier molecular flexibility index (Phi) is 12.1. The molecule has 0 bridgehead atoms. The number of halogens is 1. The first-order valence-electron chi connectivity index (χ1n) is 7.88. The molecule has 5 N–H and O–H groups in total. The molecule has 0 saturated carbocycles. The van der Waals surface area contributed by atoms with Crippen LogP contribution in [-0.2, 0) is 4.79 Å². The zero-order valence-corrected chi connectivity index (χ0v) is 16.9. The molecule has 0 saturated heterocycles. The third-order valence-electron chi connectivity index (χ3n) is 3.36. The molecule has 6 nitrogen and oxygen atoms in total. The third-order valence-corrected chi connectivity index (χ3v) is 3.86. The van der Waals surface area contributed by atoms with E-state index in [0.29, 0.717) is 5.33 Å². The van der Waals surface area contributed by atoms with Crippen LogP contribution in [0.15, 0.2) is 61.1 Å². The van der Waals surface area contributed by atoms with Gasteiger partial charge < -0.3 is 16.2 Å². The van der Waals surface area contributed by atoms with Gasteiger partial charge in [0.05, 0.1) is 23.5 Å². The lowest BCUT2D eigenvalue weighted by Gasteiger charge is -1.96. The van der Waals surface area contributed by atoms with E-state index in [1.807, 2.05) is 37.4 Å². The molecule has 0 aliphatic carbocycles. The normalized spacial score (nSPS) is 8.85. The topological polar surface area (TPSA) is 120 Å². The zero-order chi connectivity index (χ0) is 19.4. The largest absolute Gasteiger partial charge is 0.412 e. The molecule has 0 fully saturated rings. The Balaban J connectivity index is 0.000000426. The standard InChI is InChI=1S/C10H10N2.C9H9BrO.CH3NO.H2O/c1-8-2-4-9(5-3-8)10-6-11-7-12-10;1-7-2-4-8(5-3-7)9(11)6-10;2-1-3;/h2-7H,1H3,(H,11,12);2-5H,6H2,1H3;1H,(H2,2,3);1H2. The highest BCUT2D eigenvalue weighted by molar-refractivity contribution is 9.09. The number of carbonyl (C=O) groups is 2. The van der Waals surface area contributed by atoms with Crippen molar-refractivity contribution < 1.29 is 15.1 Å². The number of aryl methyl sites for hydroxylation is 2. The Morgan fingerprint density at radius 1 is 1.07 bits per heavy atom. The minimum Gasteiger partial charge on any atom is -0.412 e. The monoisotopic (exact) mass is 433 g/mol. The van der Waals surface area contributed by atoms with Gasteiger partial charge in [-0.05, 0) is 19.4 Å². The molecule has 0 radical (unpaired) electrons. The number of hydrogen-bond donors (Lipinski definition) is 2. The number of benzene rings is 2. The Morgan fingerprint density at radius 3 is 1.96 bits per heavy atom. The Bertz CT molecular complexity index is 786. The van der Waals surface area contributed by atoms with E-state index in [4.69, 9.17) is 4.79 Å². The lowest BCUT2D eigenvalue weighted by atomic mass is 10.1. The van der Waals surface area contributed by atoms with Crippen molar-refractivity contribution >= 4 is 28.1 Å². The van der Waals surface area contributed by atoms with Gasteiger partial charge in [-0.3, -0.25) is 9.59 Å². The number of amides is 1. The van der Waals surface area contributed by atoms with Gasteiger partial charge in [0.25, 0.3) is 0 Å². The number of aromatic amines is 1. The van der Waals surface area contributed by atoms with Crippen molar-refractivity contribution in [3.05, 3.63) is 77.7 Å². The van der Waals surface area contributed by atoms with E-state index in [1.54, 1.807) is 6.33 Å². The van der Waals surface area contributed by atoms with Crippen molar-refractivity contribution in [2.24, 2.45) is 5.73 Å². The summed E-state index contributed by atoms with van der Waals surface area (Å²) in [7, 11) is 0. The second-order valence-corrected chi connectivity index (χ2v) is 5.95. The van der Waals surface area contributed by atoms with Gasteiger partial charge in [-0.1, -0.05) is 75.6 Å². The first-order valence-corrected chi connectivity index (χ1v) is 9.00. The second kappa shape index (κ2) is 13.4. The van der Waals surface area contributed by atoms with Gasteiger partial charge in [-0.2, -0.15) is 0 Å². The molecular formula is C20H24BrN3O3. The molecular weight excluding hydrogens is 410 g/mol. The van der Waals surface area contributed by atoms with E-state index in [9.17, 15) is 4.79 Å². The lowest BCUT2D eigenvalue weighted by molar-refractivity contribution is -0.106. The molecule has 3 aromatic rings. The Hall–Kier alpha value is -2.77. The van der Waals surface area contributed by atoms with Gasteiger partial charge in [0, 0.05) is 5.56 Å². The number of hydrogen-bond acceptors (Lipinski definition) is 3. The molecule has 2 aromatic carbocycles. The van der Waals surface area contributed by atoms with Crippen LogP contribution in [0.1, 0.15) is 21.5 Å². The van der Waals surface area contributed by atoms with Crippen LogP contribution in [0.3, 0.4) is 0 Å². The molecule has 7 heteroatoms. The molecule has 0 aliphatic rings. The summed E-state index contributed by atoms with van der Waals surface area (Å²) >= 11 is 3.12. The van der Waals surface area contributed by atoms with E-state index < -0.39 is 0 Å². The molecule has 0 aliphatic heterocycles. The summed E-state index contributed by atoms with van der Waals surface area (Å²) in [5.74, 6) is 0.130. The summed E-state index contributed by atoms with van der Waals surface area (Å²) in [6.07, 6.45) is 3.76. The molecule has 3 rings (SSSR count). The number of H-pyrrole nitrogens is 1. The number of Topliss-reactive ketones (excluding diaryl/α,β-unsaturated/α-hetero) is 1. The summed E-state index contributed by atoms with van der Waals surface area (Å²) in [6.45, 7) is 4.08. The van der Waals surface area contributed by atoms with E-state index >= 15 is 0 Å². The fraction of sp³-hybridized carbons (Fsp3) is 0.150. The zero-order valence-electron chi connectivity index (χ0n) is 15.3. The van der Waals surface area contributed by atoms with Crippen LogP contribution in [0.4, 0.5) is 0 Å². The van der Waals surface area contributed by atoms with Crippen molar-refractivity contribution in [1.29, 1.82) is 0 Å². The molecule has 1 aromatic heterocycles. The summed E-state index contributed by atoms with van der Waals surface area (Å²) in [5, 5.41) is 0.399. The van der Waals surface area contributed by atoms with Gasteiger partial charge in [-0.15, -0.1) is 0 Å². The van der Waals surface area contributed by atoms with Crippen LogP contribution in [-0.4, -0.2) is 33.0 Å². The van der Waals surface area contributed by atoms with E-state index in [2.05, 4.69) is 62.8 Å². The predicted molar refractivity (Wildman–Crippen MR) is 112 cm³/mol. The maximum Gasteiger partial charge on any atom is 0.204 e. The molecule has 0 unspecified atom stereocenters. The minimum atomic E-state index is 0. The van der Waals surface area contributed by atoms with Crippen molar-refractivity contribution in [2.45, 2.75) is 13.8 Å². The molecule has 27 heavy (non-hydrogen) atoms. The van der Waals surface area contributed by atoms with Gasteiger partial charge >= 0.3 is 0 Å². The van der Waals surface area contributed by atoms with Crippen molar-refractivity contribution in [3.63, 3.8) is 0 Å². The number of rotatable bonds is 3. The van der Waals surface area contributed by atoms with Crippen molar-refractivity contribution in [1.82, 2.24) is 9.97 Å². The average Bonchev–Trinajstić information content (AvgIpc) is 3.18. The quantitative estimate of drug-likeness (QED) is 0.374. The average molecular weight is 434 g/mol.